The van der Waals surface area contributed by atoms with E-state index in [-0.39, 0.29) is 17.7 Å². The van der Waals surface area contributed by atoms with Crippen molar-refractivity contribution in [1.82, 2.24) is 25.5 Å². The number of aliphatic hydroxyl groups is 3. The summed E-state index contributed by atoms with van der Waals surface area (Å²) in [7, 11) is 0. The molecule has 19 heavy (non-hydrogen) atoms. The van der Waals surface area contributed by atoms with E-state index in [1.165, 1.54) is 6.33 Å². The number of nitrogens with one attached hydrogen (secondary N) is 3. The minimum Gasteiger partial charge on any atom is -0.395 e. The summed E-state index contributed by atoms with van der Waals surface area (Å²) in [5.41, 5.74) is 0.474. The molecule has 6 N–H and O–H groups in total. The second-order valence-electron chi connectivity index (χ2n) is 4.48. The number of hydrogen-bond acceptors (Lipinski definition) is 7. The first-order valence-corrected chi connectivity index (χ1v) is 5.78. The van der Waals surface area contributed by atoms with Gasteiger partial charge in [0, 0.05) is 0 Å². The number of aromatic nitrogens is 4. The Morgan fingerprint density at radius 2 is 2.05 bits per heavy atom. The van der Waals surface area contributed by atoms with Crippen LogP contribution in [0.3, 0.4) is 0 Å². The molecule has 0 bridgehead atoms. The second kappa shape index (κ2) is 4.38. The molecule has 0 aliphatic carbocycles. The maximum Gasteiger partial charge on any atom is 0.279 e. The summed E-state index contributed by atoms with van der Waals surface area (Å²) >= 11 is 0. The molecule has 0 amide bonds. The molecule has 2 aromatic heterocycles. The van der Waals surface area contributed by atoms with Crippen molar-refractivity contribution in [2.75, 3.05) is 6.61 Å². The molecule has 0 aromatic carbocycles. The second-order valence-corrected chi connectivity index (χ2v) is 4.48. The summed E-state index contributed by atoms with van der Waals surface area (Å²) in [5, 5.41) is 38.2. The lowest BCUT2D eigenvalue weighted by Crippen LogP contribution is -2.35. The first kappa shape index (κ1) is 12.2. The third-order valence-electron chi connectivity index (χ3n) is 3.38. The van der Waals surface area contributed by atoms with E-state index in [0.29, 0.717) is 11.2 Å². The summed E-state index contributed by atoms with van der Waals surface area (Å²) in [5.74, 6) is 0. The normalized spacial score (nSPS) is 31.1. The highest BCUT2D eigenvalue weighted by Crippen LogP contribution is 2.28. The highest BCUT2D eigenvalue weighted by Gasteiger charge is 2.43. The zero-order valence-electron chi connectivity index (χ0n) is 9.74. The van der Waals surface area contributed by atoms with Gasteiger partial charge in [-0.05, 0) is 0 Å². The number of hydrogen-bond donors (Lipinski definition) is 6. The van der Waals surface area contributed by atoms with Gasteiger partial charge in [-0.3, -0.25) is 15.2 Å². The van der Waals surface area contributed by atoms with Crippen molar-refractivity contribution in [3.8, 4) is 0 Å². The van der Waals surface area contributed by atoms with Crippen LogP contribution in [0.5, 0.6) is 0 Å². The van der Waals surface area contributed by atoms with Crippen LogP contribution >= 0.6 is 0 Å². The maximum absolute atomic E-state index is 11.5. The quantitative estimate of drug-likeness (QED) is 0.349. The standard InChI is InChI=1S/C10H13N5O4/c16-1-3-8(17)9(18)6(13-3)5-4-7(15-14-5)10(19)12-2-11-4/h2-3,6,8-9,13,16-18H,1H2,(H,14,15)(H,11,12,19)/t3-,6+,8+,9-/m1/s1. The molecule has 2 aromatic rings. The van der Waals surface area contributed by atoms with Gasteiger partial charge in [0.1, 0.15) is 11.6 Å². The van der Waals surface area contributed by atoms with E-state index in [2.05, 4.69) is 25.5 Å². The molecular formula is C10H13N5O4. The Bertz CT molecular complexity index is 653. The molecule has 1 saturated heterocycles. The highest BCUT2D eigenvalue weighted by atomic mass is 16.3. The van der Waals surface area contributed by atoms with Crippen LogP contribution in [0.4, 0.5) is 0 Å². The number of rotatable bonds is 2. The lowest BCUT2D eigenvalue weighted by Gasteiger charge is -2.13. The Hall–Kier alpha value is -1.81. The van der Waals surface area contributed by atoms with Gasteiger partial charge in [-0.25, -0.2) is 4.98 Å². The van der Waals surface area contributed by atoms with Crippen molar-refractivity contribution in [1.29, 1.82) is 0 Å². The largest absolute Gasteiger partial charge is 0.395 e. The van der Waals surface area contributed by atoms with Crippen molar-refractivity contribution < 1.29 is 15.3 Å². The fraction of sp³-hybridized carbons (Fsp3) is 0.500. The highest BCUT2D eigenvalue weighted by molar-refractivity contribution is 5.76. The molecule has 0 radical (unpaired) electrons. The van der Waals surface area contributed by atoms with Crippen LogP contribution in [-0.4, -0.2) is 60.3 Å². The van der Waals surface area contributed by atoms with Gasteiger partial charge in [0.05, 0.1) is 36.8 Å². The Morgan fingerprint density at radius 3 is 2.74 bits per heavy atom. The van der Waals surface area contributed by atoms with Gasteiger partial charge in [-0.15, -0.1) is 0 Å². The Morgan fingerprint density at radius 1 is 1.26 bits per heavy atom. The van der Waals surface area contributed by atoms with Crippen LogP contribution in [-0.2, 0) is 0 Å². The molecule has 3 heterocycles. The average Bonchev–Trinajstić information content (AvgIpc) is 2.94. The lowest BCUT2D eigenvalue weighted by atomic mass is 10.1. The molecule has 1 aliphatic heterocycles. The van der Waals surface area contributed by atoms with E-state index in [4.69, 9.17) is 5.11 Å². The van der Waals surface area contributed by atoms with E-state index < -0.39 is 24.3 Å². The fourth-order valence-corrected chi connectivity index (χ4v) is 2.36. The average molecular weight is 267 g/mol. The van der Waals surface area contributed by atoms with E-state index in [0.717, 1.165) is 0 Å². The van der Waals surface area contributed by atoms with Crippen LogP contribution in [0.1, 0.15) is 11.7 Å². The van der Waals surface area contributed by atoms with Crippen LogP contribution in [0.25, 0.3) is 11.0 Å². The van der Waals surface area contributed by atoms with Gasteiger partial charge >= 0.3 is 0 Å². The van der Waals surface area contributed by atoms with Gasteiger partial charge in [0.2, 0.25) is 0 Å². The maximum atomic E-state index is 11.5. The number of fused-ring (bicyclic) bond motifs is 1. The van der Waals surface area contributed by atoms with E-state index >= 15 is 0 Å². The van der Waals surface area contributed by atoms with Crippen molar-refractivity contribution >= 4 is 11.0 Å². The van der Waals surface area contributed by atoms with Crippen molar-refractivity contribution in [3.63, 3.8) is 0 Å². The van der Waals surface area contributed by atoms with Crippen LogP contribution in [0.2, 0.25) is 0 Å². The number of H-pyrrole nitrogens is 2. The smallest absolute Gasteiger partial charge is 0.279 e. The molecule has 0 saturated carbocycles. The van der Waals surface area contributed by atoms with Gasteiger partial charge in [0.25, 0.3) is 5.56 Å². The third-order valence-corrected chi connectivity index (χ3v) is 3.38. The summed E-state index contributed by atoms with van der Waals surface area (Å²) in [6.07, 6.45) is -0.984. The molecule has 1 aliphatic rings. The molecule has 1 fully saturated rings. The molecule has 4 atom stereocenters. The first-order valence-electron chi connectivity index (χ1n) is 5.78. The zero-order valence-corrected chi connectivity index (χ0v) is 9.74. The predicted molar refractivity (Wildman–Crippen MR) is 63.3 cm³/mol. The summed E-state index contributed by atoms with van der Waals surface area (Å²) in [4.78, 5) is 17.9. The van der Waals surface area contributed by atoms with E-state index in [1.54, 1.807) is 0 Å². The van der Waals surface area contributed by atoms with Crippen LogP contribution in [0.15, 0.2) is 11.1 Å². The summed E-state index contributed by atoms with van der Waals surface area (Å²) < 4.78 is 0. The monoisotopic (exact) mass is 267 g/mol. The molecular weight excluding hydrogens is 254 g/mol. The zero-order chi connectivity index (χ0) is 13.6. The molecule has 9 nitrogen and oxygen atoms in total. The number of nitrogens with zero attached hydrogens (tertiary/aromatic N) is 2. The van der Waals surface area contributed by atoms with Crippen LogP contribution in [0, 0.1) is 0 Å². The fourth-order valence-electron chi connectivity index (χ4n) is 2.36. The van der Waals surface area contributed by atoms with Gasteiger partial charge < -0.3 is 20.3 Å². The molecule has 3 rings (SSSR count). The SMILES string of the molecule is O=c1[nH]cnc2c([C@@H]3N[C@H](CO)[C@H](O)[C@@H]3O)[nH]nc12. The summed E-state index contributed by atoms with van der Waals surface area (Å²) in [6, 6.07) is -1.31. The van der Waals surface area contributed by atoms with Crippen LogP contribution < -0.4 is 10.9 Å². The Labute approximate surface area is 106 Å². The van der Waals surface area contributed by atoms with E-state index in [1.807, 2.05) is 0 Å². The van der Waals surface area contributed by atoms with Gasteiger partial charge in [0.15, 0.2) is 5.52 Å². The first-order chi connectivity index (χ1) is 9.13. The molecule has 9 heteroatoms. The van der Waals surface area contributed by atoms with E-state index in [9.17, 15) is 15.0 Å². The van der Waals surface area contributed by atoms with Gasteiger partial charge in [-0.1, -0.05) is 0 Å². The van der Waals surface area contributed by atoms with Crippen molar-refractivity contribution in [3.05, 3.63) is 22.4 Å². The van der Waals surface area contributed by atoms with Gasteiger partial charge in [-0.2, -0.15) is 5.10 Å². The minimum absolute atomic E-state index is 0.133. The van der Waals surface area contributed by atoms with Crippen molar-refractivity contribution in [2.24, 2.45) is 0 Å². The molecule has 0 spiro atoms. The summed E-state index contributed by atoms with van der Waals surface area (Å²) in [6.45, 7) is -0.311. The topological polar surface area (TPSA) is 147 Å². The molecule has 0 unspecified atom stereocenters. The van der Waals surface area contributed by atoms with Crippen molar-refractivity contribution in [2.45, 2.75) is 24.3 Å². The number of aliphatic hydroxyl groups excluding tert-OH is 3. The number of aromatic amines is 2. The molecule has 102 valence electrons. The minimum atomic E-state index is -1.12. The third kappa shape index (κ3) is 1.75. The Kier molecular flexibility index (Phi) is 2.82. The predicted octanol–water partition coefficient (Wildman–Crippen LogP) is -2.63. The lowest BCUT2D eigenvalue weighted by molar-refractivity contribution is 0.0191. The Balaban J connectivity index is 2.06.